The Balaban J connectivity index is 2.00. The van der Waals surface area contributed by atoms with Gasteiger partial charge < -0.3 is 9.88 Å². The van der Waals surface area contributed by atoms with Gasteiger partial charge in [0.05, 0.1) is 5.52 Å². The lowest BCUT2D eigenvalue weighted by Crippen LogP contribution is -2.30. The van der Waals surface area contributed by atoms with Crippen LogP contribution >= 0.6 is 11.6 Å². The summed E-state index contributed by atoms with van der Waals surface area (Å²) in [6.07, 6.45) is 1.93. The van der Waals surface area contributed by atoms with Crippen molar-refractivity contribution in [3.8, 4) is 0 Å². The van der Waals surface area contributed by atoms with Gasteiger partial charge in [0.15, 0.2) is 5.82 Å². The molecule has 0 radical (unpaired) electrons. The Morgan fingerprint density at radius 3 is 3.05 bits per heavy atom. The molecule has 1 saturated heterocycles. The Labute approximate surface area is 120 Å². The molecular formula is C14H15ClFN3O. The van der Waals surface area contributed by atoms with Gasteiger partial charge in [0.1, 0.15) is 11.3 Å². The lowest BCUT2D eigenvalue weighted by molar-refractivity contribution is -0.119. The van der Waals surface area contributed by atoms with Crippen LogP contribution in [0.15, 0.2) is 18.2 Å². The van der Waals surface area contributed by atoms with Gasteiger partial charge in [-0.3, -0.25) is 4.79 Å². The van der Waals surface area contributed by atoms with Crippen molar-refractivity contribution in [2.75, 3.05) is 5.88 Å². The van der Waals surface area contributed by atoms with Gasteiger partial charge in [-0.25, -0.2) is 9.37 Å². The highest BCUT2D eigenvalue weighted by molar-refractivity contribution is 6.17. The molecule has 1 amide bonds. The van der Waals surface area contributed by atoms with Gasteiger partial charge in [-0.1, -0.05) is 6.07 Å². The Kier molecular flexibility index (Phi) is 3.61. The SMILES string of the molecule is O=C1CCC(Cn2c(CCCl)nc3c(F)cccc32)N1. The van der Waals surface area contributed by atoms with Crippen LogP contribution in [0.4, 0.5) is 4.39 Å². The second-order valence-corrected chi connectivity index (χ2v) is 5.37. The number of aryl methyl sites for hydroxylation is 1. The number of benzene rings is 1. The normalized spacial score (nSPS) is 18.7. The zero-order valence-electron chi connectivity index (χ0n) is 10.9. The molecule has 106 valence electrons. The minimum atomic E-state index is -0.326. The predicted molar refractivity (Wildman–Crippen MR) is 75.3 cm³/mol. The topological polar surface area (TPSA) is 46.9 Å². The van der Waals surface area contributed by atoms with Crippen LogP contribution in [0.2, 0.25) is 0 Å². The number of alkyl halides is 1. The van der Waals surface area contributed by atoms with E-state index < -0.39 is 0 Å². The lowest BCUT2D eigenvalue weighted by atomic mass is 10.2. The van der Waals surface area contributed by atoms with Crippen molar-refractivity contribution in [2.24, 2.45) is 0 Å². The average molecular weight is 296 g/mol. The summed E-state index contributed by atoms with van der Waals surface area (Å²) in [6, 6.07) is 5.01. The van der Waals surface area contributed by atoms with Crippen molar-refractivity contribution in [1.29, 1.82) is 0 Å². The molecule has 1 atom stereocenters. The van der Waals surface area contributed by atoms with Crippen molar-refractivity contribution < 1.29 is 9.18 Å². The van der Waals surface area contributed by atoms with Gasteiger partial charge in [-0.05, 0) is 18.6 Å². The van der Waals surface area contributed by atoms with E-state index in [0.29, 0.717) is 30.8 Å². The number of rotatable bonds is 4. The second kappa shape index (κ2) is 5.40. The first-order valence-electron chi connectivity index (χ1n) is 6.68. The number of hydrogen-bond donors (Lipinski definition) is 1. The van der Waals surface area contributed by atoms with Crippen LogP contribution in [-0.4, -0.2) is 27.4 Å². The van der Waals surface area contributed by atoms with Crippen molar-refractivity contribution in [1.82, 2.24) is 14.9 Å². The summed E-state index contributed by atoms with van der Waals surface area (Å²) < 4.78 is 15.8. The average Bonchev–Trinajstić information content (AvgIpc) is 2.97. The quantitative estimate of drug-likeness (QED) is 0.879. The summed E-state index contributed by atoms with van der Waals surface area (Å²) in [4.78, 5) is 15.6. The second-order valence-electron chi connectivity index (χ2n) is 4.99. The van der Waals surface area contributed by atoms with E-state index >= 15 is 0 Å². The van der Waals surface area contributed by atoms with Gasteiger partial charge >= 0.3 is 0 Å². The number of nitrogens with zero attached hydrogens (tertiary/aromatic N) is 2. The van der Waals surface area contributed by atoms with Gasteiger partial charge in [0, 0.05) is 31.3 Å². The number of nitrogens with one attached hydrogen (secondary N) is 1. The van der Waals surface area contributed by atoms with Crippen molar-refractivity contribution >= 4 is 28.5 Å². The van der Waals surface area contributed by atoms with E-state index in [2.05, 4.69) is 10.3 Å². The lowest BCUT2D eigenvalue weighted by Gasteiger charge is -2.14. The predicted octanol–water partition coefficient (Wildman–Crippen LogP) is 2.24. The van der Waals surface area contributed by atoms with Crippen LogP contribution in [-0.2, 0) is 17.8 Å². The molecule has 2 aromatic rings. The number of amides is 1. The molecule has 0 aliphatic carbocycles. The molecule has 1 aliphatic heterocycles. The van der Waals surface area contributed by atoms with Crippen molar-refractivity contribution in [3.05, 3.63) is 29.8 Å². The summed E-state index contributed by atoms with van der Waals surface area (Å²) in [5, 5.41) is 2.93. The van der Waals surface area contributed by atoms with Crippen LogP contribution in [0.1, 0.15) is 18.7 Å². The maximum absolute atomic E-state index is 13.8. The summed E-state index contributed by atoms with van der Waals surface area (Å²) in [5.74, 6) is 0.945. The molecule has 0 bridgehead atoms. The van der Waals surface area contributed by atoms with E-state index in [4.69, 9.17) is 11.6 Å². The third-order valence-electron chi connectivity index (χ3n) is 3.61. The first-order chi connectivity index (χ1) is 9.69. The third-order valence-corrected chi connectivity index (χ3v) is 3.80. The number of carbonyl (C=O) groups excluding carboxylic acids is 1. The van der Waals surface area contributed by atoms with Crippen molar-refractivity contribution in [2.45, 2.75) is 31.8 Å². The van der Waals surface area contributed by atoms with Crippen molar-refractivity contribution in [3.63, 3.8) is 0 Å². The molecule has 1 aliphatic rings. The number of halogens is 2. The molecule has 1 fully saturated rings. The number of carbonyl (C=O) groups is 1. The fraction of sp³-hybridized carbons (Fsp3) is 0.429. The van der Waals surface area contributed by atoms with Crippen LogP contribution < -0.4 is 5.32 Å². The van der Waals surface area contributed by atoms with E-state index in [1.165, 1.54) is 6.07 Å². The first kappa shape index (κ1) is 13.4. The fourth-order valence-electron chi connectivity index (χ4n) is 2.67. The van der Waals surface area contributed by atoms with E-state index in [-0.39, 0.29) is 17.8 Å². The van der Waals surface area contributed by atoms with E-state index in [1.807, 2.05) is 10.6 Å². The van der Waals surface area contributed by atoms with Gasteiger partial charge in [-0.15, -0.1) is 11.6 Å². The largest absolute Gasteiger partial charge is 0.352 e. The minimum absolute atomic E-state index is 0.0736. The first-order valence-corrected chi connectivity index (χ1v) is 7.21. The standard InChI is InChI=1S/C14H15ClFN3O/c15-7-6-12-18-14-10(16)2-1-3-11(14)19(12)8-9-4-5-13(20)17-9/h1-3,9H,4-8H2,(H,17,20). The molecule has 1 aromatic carbocycles. The Hall–Kier alpha value is -1.62. The van der Waals surface area contributed by atoms with E-state index in [1.54, 1.807) is 6.07 Å². The molecule has 2 heterocycles. The molecule has 3 rings (SSSR count). The number of aromatic nitrogens is 2. The van der Waals surface area contributed by atoms with E-state index in [0.717, 1.165) is 17.8 Å². The fourth-order valence-corrected chi connectivity index (χ4v) is 2.84. The Morgan fingerprint density at radius 1 is 1.50 bits per heavy atom. The molecule has 1 aromatic heterocycles. The highest BCUT2D eigenvalue weighted by Crippen LogP contribution is 2.21. The molecule has 0 saturated carbocycles. The molecular weight excluding hydrogens is 281 g/mol. The third kappa shape index (κ3) is 2.38. The van der Waals surface area contributed by atoms with Crippen LogP contribution in [0.5, 0.6) is 0 Å². The monoisotopic (exact) mass is 295 g/mol. The Bertz CT molecular complexity index is 655. The highest BCUT2D eigenvalue weighted by Gasteiger charge is 2.23. The molecule has 4 nitrogen and oxygen atoms in total. The molecule has 20 heavy (non-hydrogen) atoms. The Morgan fingerprint density at radius 2 is 2.35 bits per heavy atom. The number of para-hydroxylation sites is 1. The van der Waals surface area contributed by atoms with Gasteiger partial charge in [0.2, 0.25) is 5.91 Å². The summed E-state index contributed by atoms with van der Waals surface area (Å²) in [5.41, 5.74) is 1.13. The number of hydrogen-bond acceptors (Lipinski definition) is 2. The van der Waals surface area contributed by atoms with Gasteiger partial charge in [0.25, 0.3) is 0 Å². The summed E-state index contributed by atoms with van der Waals surface area (Å²) >= 11 is 5.80. The van der Waals surface area contributed by atoms with Crippen LogP contribution in [0.3, 0.4) is 0 Å². The summed E-state index contributed by atoms with van der Waals surface area (Å²) in [7, 11) is 0. The highest BCUT2D eigenvalue weighted by atomic mass is 35.5. The number of imidazole rings is 1. The molecule has 1 unspecified atom stereocenters. The maximum Gasteiger partial charge on any atom is 0.220 e. The molecule has 6 heteroatoms. The maximum atomic E-state index is 13.8. The summed E-state index contributed by atoms with van der Waals surface area (Å²) in [6.45, 7) is 0.609. The minimum Gasteiger partial charge on any atom is -0.352 e. The van der Waals surface area contributed by atoms with Gasteiger partial charge in [-0.2, -0.15) is 0 Å². The zero-order valence-corrected chi connectivity index (χ0v) is 11.7. The molecule has 1 N–H and O–H groups in total. The zero-order chi connectivity index (χ0) is 14.1. The van der Waals surface area contributed by atoms with Crippen LogP contribution in [0, 0.1) is 5.82 Å². The van der Waals surface area contributed by atoms with Crippen LogP contribution in [0.25, 0.3) is 11.0 Å². The van der Waals surface area contributed by atoms with E-state index in [9.17, 15) is 9.18 Å². The molecule has 0 spiro atoms. The number of fused-ring (bicyclic) bond motifs is 1. The smallest absolute Gasteiger partial charge is 0.220 e.